The maximum absolute atomic E-state index is 12.7. The third-order valence-electron chi connectivity index (χ3n) is 13.0. The number of ether oxygens (including phenoxy) is 3. The molecule has 3 aromatic carbocycles. The molecule has 20 heteroatoms. The first-order valence-electron chi connectivity index (χ1n) is 25.7. The molecule has 0 N–H and O–H groups in total. The molecule has 4 aromatic heterocycles. The average Bonchev–Trinajstić information content (AvgIpc) is 4.03. The zero-order valence-electron chi connectivity index (χ0n) is 45.2. The second-order valence-corrected chi connectivity index (χ2v) is 26.0. The van der Waals surface area contributed by atoms with E-state index in [4.69, 9.17) is 29.2 Å². The Morgan fingerprint density at radius 2 is 1.06 bits per heavy atom. The quantitative estimate of drug-likeness (QED) is 0.0929. The van der Waals surface area contributed by atoms with Crippen LogP contribution in [0.4, 0.5) is 9.59 Å². The van der Waals surface area contributed by atoms with Crippen molar-refractivity contribution in [1.82, 2.24) is 48.8 Å². The Kier molecular flexibility index (Phi) is 17.8. The van der Waals surface area contributed by atoms with E-state index in [0.717, 1.165) is 71.5 Å². The van der Waals surface area contributed by atoms with Gasteiger partial charge in [-0.2, -0.15) is 4.98 Å². The van der Waals surface area contributed by atoms with Gasteiger partial charge in [0, 0.05) is 75.2 Å². The fourth-order valence-electron chi connectivity index (χ4n) is 9.08. The van der Waals surface area contributed by atoms with E-state index < -0.39 is 21.0 Å². The summed E-state index contributed by atoms with van der Waals surface area (Å²) in [6.45, 7) is 19.9. The van der Waals surface area contributed by atoms with Gasteiger partial charge in [0.25, 0.3) is 0 Å². The molecule has 0 unspecified atom stereocenters. The molecule has 0 atom stereocenters. The molecule has 9 rings (SSSR count). The number of aromatic nitrogens is 8. The first-order chi connectivity index (χ1) is 36.4. The second kappa shape index (κ2) is 23.9. The summed E-state index contributed by atoms with van der Waals surface area (Å²) in [6, 6.07) is 26.7. The lowest BCUT2D eigenvalue weighted by Crippen LogP contribution is -2.42. The maximum atomic E-state index is 12.7. The summed E-state index contributed by atoms with van der Waals surface area (Å²) in [5.41, 5.74) is 7.51. The van der Waals surface area contributed by atoms with Crippen molar-refractivity contribution in [3.8, 4) is 57.1 Å². The van der Waals surface area contributed by atoms with Crippen molar-refractivity contribution in [1.29, 1.82) is 0 Å². The highest BCUT2D eigenvalue weighted by Crippen LogP contribution is 2.39. The van der Waals surface area contributed by atoms with Gasteiger partial charge in [0.1, 0.15) is 17.0 Å². The molecule has 2 saturated heterocycles. The summed E-state index contributed by atoms with van der Waals surface area (Å²) in [7, 11) is -3.58. The maximum Gasteiger partial charge on any atom is 0.410 e. The molecule has 2 aliphatic heterocycles. The Morgan fingerprint density at radius 1 is 0.623 bits per heavy atom. The SMILES string of the molecule is CC(C)(C)OC(=O)N1CCC(n2cnc(-c3ccc(I)cc3)c2-c2ccnc(S(C)(=O)=O)n2)CC1.Cc1ccc(C(C)C)cc1Oc1nccc(-c2c(-c3ccc(I)cc3)ncn2C2CCN(C(=O)OC(C)(C)C)CC2)n1. The van der Waals surface area contributed by atoms with Crippen LogP contribution in [0.15, 0.2) is 109 Å². The van der Waals surface area contributed by atoms with Crippen LogP contribution in [0.2, 0.25) is 0 Å². The Labute approximate surface area is 478 Å². The van der Waals surface area contributed by atoms with E-state index in [9.17, 15) is 18.0 Å². The van der Waals surface area contributed by atoms with Gasteiger partial charge >= 0.3 is 18.2 Å². The van der Waals surface area contributed by atoms with Gasteiger partial charge in [-0.05, 0) is 179 Å². The number of carbonyl (C=O) groups excluding carboxylic acids is 2. The van der Waals surface area contributed by atoms with E-state index in [2.05, 4.69) is 121 Å². The molecule has 406 valence electrons. The monoisotopic (exact) mass is 1290 g/mol. The summed E-state index contributed by atoms with van der Waals surface area (Å²) < 4.78 is 48.2. The van der Waals surface area contributed by atoms with E-state index in [1.165, 1.54) is 11.8 Å². The van der Waals surface area contributed by atoms with Crippen LogP contribution in [0, 0.1) is 14.1 Å². The van der Waals surface area contributed by atoms with Crippen molar-refractivity contribution in [3.63, 3.8) is 0 Å². The topological polar surface area (TPSA) is 190 Å². The lowest BCUT2D eigenvalue weighted by atomic mass is 10.0. The zero-order chi connectivity index (χ0) is 55.4. The molecular formula is C57H66I2N10O7S. The number of nitrogens with zero attached hydrogens (tertiary/aromatic N) is 10. The number of amides is 2. The van der Waals surface area contributed by atoms with Gasteiger partial charge in [-0.1, -0.05) is 50.2 Å². The molecule has 0 aliphatic carbocycles. The Balaban J connectivity index is 0.000000207. The number of aryl methyl sites for hydroxylation is 1. The fourth-order valence-corrected chi connectivity index (χ4v) is 10.3. The average molecular weight is 1290 g/mol. The molecule has 0 bridgehead atoms. The molecule has 2 aliphatic rings. The molecule has 0 radical (unpaired) electrons. The van der Waals surface area contributed by atoms with Crippen molar-refractivity contribution in [2.24, 2.45) is 0 Å². The predicted octanol–water partition coefficient (Wildman–Crippen LogP) is 13.0. The van der Waals surface area contributed by atoms with Crippen molar-refractivity contribution in [2.45, 2.75) is 122 Å². The Morgan fingerprint density at radius 3 is 1.49 bits per heavy atom. The van der Waals surface area contributed by atoms with Crippen LogP contribution in [-0.2, 0) is 19.3 Å². The number of carbonyl (C=O) groups is 2. The van der Waals surface area contributed by atoms with Gasteiger partial charge < -0.3 is 33.1 Å². The summed E-state index contributed by atoms with van der Waals surface area (Å²) >= 11 is 4.56. The van der Waals surface area contributed by atoms with Crippen LogP contribution in [0.25, 0.3) is 45.3 Å². The number of rotatable bonds is 10. The third-order valence-corrected chi connectivity index (χ3v) is 15.3. The van der Waals surface area contributed by atoms with Crippen LogP contribution in [0.3, 0.4) is 0 Å². The summed E-state index contributed by atoms with van der Waals surface area (Å²) in [6.07, 6.45) is 10.4. The van der Waals surface area contributed by atoms with E-state index in [1.807, 2.05) is 89.7 Å². The fraction of sp³-hybridized carbons (Fsp3) is 0.404. The normalized spacial score (nSPS) is 14.8. The highest BCUT2D eigenvalue weighted by molar-refractivity contribution is 14.1. The van der Waals surface area contributed by atoms with Crippen LogP contribution in [0.5, 0.6) is 11.8 Å². The van der Waals surface area contributed by atoms with Crippen LogP contribution >= 0.6 is 45.2 Å². The highest BCUT2D eigenvalue weighted by Gasteiger charge is 2.32. The van der Waals surface area contributed by atoms with E-state index in [1.54, 1.807) is 28.4 Å². The summed E-state index contributed by atoms with van der Waals surface area (Å²) in [4.78, 5) is 56.0. The number of likely N-dealkylation sites (tertiary alicyclic amines) is 2. The minimum Gasteiger partial charge on any atom is -0.444 e. The first kappa shape index (κ1) is 57.2. The minimum atomic E-state index is -3.58. The molecular weight excluding hydrogens is 1220 g/mol. The third kappa shape index (κ3) is 14.6. The highest BCUT2D eigenvalue weighted by atomic mass is 127. The molecule has 2 fully saturated rings. The van der Waals surface area contributed by atoms with Gasteiger partial charge in [0.15, 0.2) is 0 Å². The number of benzene rings is 3. The van der Waals surface area contributed by atoms with Crippen LogP contribution in [0.1, 0.15) is 110 Å². The number of halogens is 2. The molecule has 17 nitrogen and oxygen atoms in total. The van der Waals surface area contributed by atoms with Gasteiger partial charge in [-0.25, -0.2) is 42.9 Å². The lowest BCUT2D eigenvalue weighted by molar-refractivity contribution is 0.0178. The van der Waals surface area contributed by atoms with E-state index in [-0.39, 0.29) is 35.4 Å². The summed E-state index contributed by atoms with van der Waals surface area (Å²) in [5.74, 6) is 1.13. The zero-order valence-corrected chi connectivity index (χ0v) is 50.3. The smallest absolute Gasteiger partial charge is 0.410 e. The number of imidazole rings is 2. The van der Waals surface area contributed by atoms with Gasteiger partial charge in [0.2, 0.25) is 15.0 Å². The minimum absolute atomic E-state index is 0.0606. The predicted molar refractivity (Wildman–Crippen MR) is 313 cm³/mol. The first-order valence-corrected chi connectivity index (χ1v) is 29.7. The van der Waals surface area contributed by atoms with Crippen molar-refractivity contribution < 1.29 is 32.2 Å². The van der Waals surface area contributed by atoms with Crippen LogP contribution in [-0.4, -0.2) is 113 Å². The van der Waals surface area contributed by atoms with Gasteiger partial charge in [0.05, 0.1) is 46.8 Å². The number of sulfone groups is 1. The van der Waals surface area contributed by atoms with Crippen molar-refractivity contribution >= 4 is 67.2 Å². The molecule has 2 amide bonds. The molecule has 0 saturated carbocycles. The van der Waals surface area contributed by atoms with E-state index >= 15 is 0 Å². The largest absolute Gasteiger partial charge is 0.444 e. The number of piperidine rings is 2. The number of hydrogen-bond donors (Lipinski definition) is 0. The summed E-state index contributed by atoms with van der Waals surface area (Å²) in [5, 5.41) is -0.226. The van der Waals surface area contributed by atoms with Crippen LogP contribution < -0.4 is 4.74 Å². The number of hydrogen-bond acceptors (Lipinski definition) is 13. The van der Waals surface area contributed by atoms with Crippen molar-refractivity contribution in [3.05, 3.63) is 122 Å². The lowest BCUT2D eigenvalue weighted by Gasteiger charge is -2.34. The van der Waals surface area contributed by atoms with Gasteiger partial charge in [-0.15, -0.1) is 0 Å². The van der Waals surface area contributed by atoms with Gasteiger partial charge in [-0.3, -0.25) is 0 Å². The molecule has 7 aromatic rings. The molecule has 77 heavy (non-hydrogen) atoms. The van der Waals surface area contributed by atoms with Crippen molar-refractivity contribution in [2.75, 3.05) is 32.4 Å². The Hall–Kier alpha value is -6.01. The molecule has 6 heterocycles. The Bertz CT molecular complexity index is 3320. The molecule has 0 spiro atoms. The van der Waals surface area contributed by atoms with E-state index in [0.29, 0.717) is 56.3 Å². The second-order valence-electron chi connectivity index (χ2n) is 21.6. The standard InChI is InChI=1S/C33H38IN5O3.C24H28IN5O4S/c1-21(2)24-8-7-22(3)28(19-24)41-31-35-16-13-27(37-31)30-29(23-9-11-25(34)12-10-23)36-20-39(30)26-14-17-38(18-15-26)32(40)42-33(4,5)6;1-24(2,3)34-23(31)29-13-10-18(11-14-29)30-15-27-20(16-5-7-17(25)8-6-16)21(30)19-9-12-26-22(28-19)35(4,32)33/h7-13,16,19-21,26H,14-15,17-18H2,1-6H3;5-9,12,15,18H,10-11,13-14H2,1-4H3.